The van der Waals surface area contributed by atoms with E-state index in [0.717, 1.165) is 12.8 Å². The Morgan fingerprint density at radius 3 is 2.82 bits per heavy atom. The summed E-state index contributed by atoms with van der Waals surface area (Å²) in [5.41, 5.74) is -0.0834. The molecule has 0 atom stereocenters. The molecule has 11 heavy (non-hydrogen) atoms. The number of pyridine rings is 1. The van der Waals surface area contributed by atoms with Gasteiger partial charge < -0.3 is 5.11 Å². The standard InChI is InChI=1S/C8H8ClNO/c9-6-2-1-5-10-7(6)8(11)3-4-8/h1-2,5,11H,3-4H2. The lowest BCUT2D eigenvalue weighted by Gasteiger charge is -2.07. The third-order valence-corrected chi connectivity index (χ3v) is 2.23. The average Bonchev–Trinajstić information content (AvgIpc) is 2.70. The summed E-state index contributed by atoms with van der Waals surface area (Å²) in [7, 11) is 0. The molecule has 1 fully saturated rings. The third kappa shape index (κ3) is 1.12. The Morgan fingerprint density at radius 1 is 1.55 bits per heavy atom. The number of rotatable bonds is 1. The Labute approximate surface area is 69.8 Å². The van der Waals surface area contributed by atoms with Gasteiger partial charge in [0.25, 0.3) is 0 Å². The van der Waals surface area contributed by atoms with Crippen molar-refractivity contribution in [2.75, 3.05) is 0 Å². The van der Waals surface area contributed by atoms with Crippen LogP contribution >= 0.6 is 11.6 Å². The molecule has 0 spiro atoms. The minimum absolute atomic E-state index is 0.563. The molecule has 0 unspecified atom stereocenters. The summed E-state index contributed by atoms with van der Waals surface area (Å²) in [5.74, 6) is 0. The molecule has 2 nitrogen and oxygen atoms in total. The molecular formula is C8H8ClNO. The SMILES string of the molecule is OC1(c2ncccc2Cl)CC1. The highest BCUT2D eigenvalue weighted by Gasteiger charge is 2.44. The van der Waals surface area contributed by atoms with Crippen molar-refractivity contribution >= 4 is 11.6 Å². The van der Waals surface area contributed by atoms with E-state index in [1.165, 1.54) is 0 Å². The molecule has 3 heteroatoms. The van der Waals surface area contributed by atoms with Crippen LogP contribution in [0.1, 0.15) is 18.5 Å². The third-order valence-electron chi connectivity index (χ3n) is 1.92. The van der Waals surface area contributed by atoms with Crippen molar-refractivity contribution in [3.05, 3.63) is 29.0 Å². The number of aliphatic hydroxyl groups is 1. The fourth-order valence-electron chi connectivity index (χ4n) is 1.08. The van der Waals surface area contributed by atoms with Crippen LogP contribution in [0.25, 0.3) is 0 Å². The van der Waals surface area contributed by atoms with Crippen molar-refractivity contribution in [1.29, 1.82) is 0 Å². The molecule has 1 N–H and O–H groups in total. The van der Waals surface area contributed by atoms with Gasteiger partial charge in [0.2, 0.25) is 0 Å². The highest BCUT2D eigenvalue weighted by Crippen LogP contribution is 2.46. The smallest absolute Gasteiger partial charge is 0.108 e. The van der Waals surface area contributed by atoms with Crippen LogP contribution in [0.2, 0.25) is 5.02 Å². The van der Waals surface area contributed by atoms with Crippen LogP contribution in [0.5, 0.6) is 0 Å². The lowest BCUT2D eigenvalue weighted by molar-refractivity contribution is 0.146. The topological polar surface area (TPSA) is 33.1 Å². The highest BCUT2D eigenvalue weighted by molar-refractivity contribution is 6.31. The normalized spacial score (nSPS) is 19.8. The molecule has 1 saturated carbocycles. The summed E-state index contributed by atoms with van der Waals surface area (Å²) in [4.78, 5) is 4.03. The summed E-state index contributed by atoms with van der Waals surface area (Å²) in [6, 6.07) is 3.51. The molecule has 2 rings (SSSR count). The number of halogens is 1. The maximum Gasteiger partial charge on any atom is 0.108 e. The Balaban J connectivity index is 2.45. The summed E-state index contributed by atoms with van der Waals surface area (Å²) in [5, 5.41) is 10.2. The van der Waals surface area contributed by atoms with Crippen molar-refractivity contribution in [2.24, 2.45) is 0 Å². The van der Waals surface area contributed by atoms with Gasteiger partial charge in [-0.05, 0) is 25.0 Å². The first-order valence-corrected chi connectivity index (χ1v) is 3.93. The van der Waals surface area contributed by atoms with Gasteiger partial charge >= 0.3 is 0 Å². The molecule has 0 saturated heterocycles. The second-order valence-corrected chi connectivity index (χ2v) is 3.27. The van der Waals surface area contributed by atoms with E-state index in [1.54, 1.807) is 18.3 Å². The van der Waals surface area contributed by atoms with Crippen molar-refractivity contribution in [3.63, 3.8) is 0 Å². The van der Waals surface area contributed by atoms with Crippen LogP contribution in [-0.4, -0.2) is 10.1 Å². The van der Waals surface area contributed by atoms with E-state index in [-0.39, 0.29) is 0 Å². The number of hydrogen-bond donors (Lipinski definition) is 1. The molecule has 58 valence electrons. The maximum atomic E-state index is 9.63. The van der Waals surface area contributed by atoms with Crippen LogP contribution in [0.15, 0.2) is 18.3 Å². The van der Waals surface area contributed by atoms with Gasteiger partial charge in [-0.25, -0.2) is 0 Å². The van der Waals surface area contributed by atoms with E-state index in [1.807, 2.05) is 0 Å². The largest absolute Gasteiger partial charge is 0.383 e. The Bertz CT molecular complexity index is 283. The lowest BCUT2D eigenvalue weighted by Crippen LogP contribution is -2.07. The van der Waals surface area contributed by atoms with Crippen molar-refractivity contribution in [3.8, 4) is 0 Å². The van der Waals surface area contributed by atoms with Gasteiger partial charge in [-0.15, -0.1) is 0 Å². The first-order valence-electron chi connectivity index (χ1n) is 3.56. The van der Waals surface area contributed by atoms with Crippen LogP contribution in [-0.2, 0) is 5.60 Å². The van der Waals surface area contributed by atoms with Crippen LogP contribution in [0, 0.1) is 0 Å². The molecule has 0 aliphatic heterocycles. The molecule has 0 aromatic carbocycles. The predicted molar refractivity (Wildman–Crippen MR) is 42.4 cm³/mol. The number of nitrogens with zero attached hydrogens (tertiary/aromatic N) is 1. The molecule has 0 radical (unpaired) electrons. The molecule has 1 heterocycles. The van der Waals surface area contributed by atoms with E-state index in [0.29, 0.717) is 10.7 Å². The van der Waals surface area contributed by atoms with E-state index in [4.69, 9.17) is 11.6 Å². The van der Waals surface area contributed by atoms with Gasteiger partial charge in [0.05, 0.1) is 10.7 Å². The Morgan fingerprint density at radius 2 is 2.27 bits per heavy atom. The summed E-state index contributed by atoms with van der Waals surface area (Å²) >= 11 is 5.83. The quantitative estimate of drug-likeness (QED) is 0.695. The van der Waals surface area contributed by atoms with Gasteiger partial charge in [0, 0.05) is 6.20 Å². The van der Waals surface area contributed by atoms with Gasteiger partial charge in [0.1, 0.15) is 5.60 Å². The minimum atomic E-state index is -0.710. The second kappa shape index (κ2) is 2.19. The van der Waals surface area contributed by atoms with Crippen molar-refractivity contribution in [2.45, 2.75) is 18.4 Å². The van der Waals surface area contributed by atoms with Crippen molar-refractivity contribution in [1.82, 2.24) is 4.98 Å². The lowest BCUT2D eigenvalue weighted by atomic mass is 10.2. The molecule has 1 aromatic rings. The van der Waals surface area contributed by atoms with Crippen LogP contribution < -0.4 is 0 Å². The Kier molecular flexibility index (Phi) is 1.41. The first-order chi connectivity index (χ1) is 5.22. The monoisotopic (exact) mass is 169 g/mol. The highest BCUT2D eigenvalue weighted by atomic mass is 35.5. The van der Waals surface area contributed by atoms with Gasteiger partial charge in [-0.1, -0.05) is 11.6 Å². The minimum Gasteiger partial charge on any atom is -0.383 e. The van der Waals surface area contributed by atoms with Crippen molar-refractivity contribution < 1.29 is 5.11 Å². The second-order valence-electron chi connectivity index (χ2n) is 2.87. The first kappa shape index (κ1) is 7.07. The molecule has 1 aromatic heterocycles. The van der Waals surface area contributed by atoms with E-state index >= 15 is 0 Å². The molecule has 1 aliphatic rings. The summed E-state index contributed by atoms with van der Waals surface area (Å²) in [6.07, 6.45) is 3.21. The average molecular weight is 170 g/mol. The fraction of sp³-hybridized carbons (Fsp3) is 0.375. The summed E-state index contributed by atoms with van der Waals surface area (Å²) in [6.45, 7) is 0. The zero-order valence-corrected chi connectivity index (χ0v) is 6.67. The number of aromatic nitrogens is 1. The zero-order valence-electron chi connectivity index (χ0n) is 5.92. The van der Waals surface area contributed by atoms with Gasteiger partial charge in [-0.2, -0.15) is 0 Å². The van der Waals surface area contributed by atoms with Gasteiger partial charge in [0.15, 0.2) is 0 Å². The predicted octanol–water partition coefficient (Wildman–Crippen LogP) is 1.72. The number of hydrogen-bond acceptors (Lipinski definition) is 2. The van der Waals surface area contributed by atoms with Crippen LogP contribution in [0.4, 0.5) is 0 Å². The molecular weight excluding hydrogens is 162 g/mol. The molecule has 1 aliphatic carbocycles. The molecule has 0 bridgehead atoms. The van der Waals surface area contributed by atoms with E-state index < -0.39 is 5.60 Å². The zero-order chi connectivity index (χ0) is 7.90. The summed E-state index contributed by atoms with van der Waals surface area (Å²) < 4.78 is 0. The van der Waals surface area contributed by atoms with Gasteiger partial charge in [-0.3, -0.25) is 4.98 Å². The van der Waals surface area contributed by atoms with E-state index in [2.05, 4.69) is 4.98 Å². The van der Waals surface area contributed by atoms with Crippen LogP contribution in [0.3, 0.4) is 0 Å². The van der Waals surface area contributed by atoms with E-state index in [9.17, 15) is 5.11 Å². The molecule has 0 amide bonds. The fourth-order valence-corrected chi connectivity index (χ4v) is 1.38. The Hall–Kier alpha value is -0.600. The maximum absolute atomic E-state index is 9.63.